The van der Waals surface area contributed by atoms with E-state index in [2.05, 4.69) is 4.72 Å². The van der Waals surface area contributed by atoms with E-state index in [-0.39, 0.29) is 17.9 Å². The molecule has 0 heterocycles. The number of halogens is 1. The molecule has 1 aromatic carbocycles. The topological polar surface area (TPSA) is 83.5 Å². The van der Waals surface area contributed by atoms with Crippen LogP contribution in [0.4, 0.5) is 0 Å². The van der Waals surface area contributed by atoms with Crippen LogP contribution in [0.5, 0.6) is 0 Å². The first-order valence-corrected chi connectivity index (χ1v) is 7.25. The molecule has 0 aromatic heterocycles. The molecule has 0 saturated heterocycles. The Morgan fingerprint density at radius 2 is 1.83 bits per heavy atom. The second kappa shape index (κ2) is 6.72. The van der Waals surface area contributed by atoms with Crippen molar-refractivity contribution >= 4 is 27.6 Å². The highest BCUT2D eigenvalue weighted by Crippen LogP contribution is 2.13. The number of benzene rings is 1. The molecule has 0 aliphatic rings. The Balaban J connectivity index is 2.45. The summed E-state index contributed by atoms with van der Waals surface area (Å²) in [5.74, 6) is -0.879. The van der Waals surface area contributed by atoms with Gasteiger partial charge in [-0.3, -0.25) is 4.79 Å². The Morgan fingerprint density at radius 1 is 1.22 bits per heavy atom. The van der Waals surface area contributed by atoms with E-state index in [1.165, 1.54) is 24.3 Å². The lowest BCUT2D eigenvalue weighted by Gasteiger charge is -2.06. The van der Waals surface area contributed by atoms with E-state index in [0.717, 1.165) is 0 Å². The van der Waals surface area contributed by atoms with Gasteiger partial charge in [-0.25, -0.2) is 13.1 Å². The molecule has 0 radical (unpaired) electrons. The molecule has 1 rings (SSSR count). The van der Waals surface area contributed by atoms with Gasteiger partial charge < -0.3 is 5.11 Å². The van der Waals surface area contributed by atoms with Crippen LogP contribution in [0.1, 0.15) is 19.3 Å². The molecule has 0 atom stereocenters. The lowest BCUT2D eigenvalue weighted by molar-refractivity contribution is -0.137. The van der Waals surface area contributed by atoms with Gasteiger partial charge in [0, 0.05) is 18.0 Å². The van der Waals surface area contributed by atoms with Crippen molar-refractivity contribution in [2.24, 2.45) is 0 Å². The number of nitrogens with one attached hydrogen (secondary N) is 1. The number of sulfonamides is 1. The highest BCUT2D eigenvalue weighted by atomic mass is 35.5. The normalized spacial score (nSPS) is 11.4. The molecule has 0 aliphatic carbocycles. The molecule has 0 amide bonds. The van der Waals surface area contributed by atoms with Gasteiger partial charge in [-0.2, -0.15) is 0 Å². The van der Waals surface area contributed by atoms with Crippen molar-refractivity contribution in [1.82, 2.24) is 4.72 Å². The molecule has 0 saturated carbocycles. The van der Waals surface area contributed by atoms with Gasteiger partial charge >= 0.3 is 5.97 Å². The van der Waals surface area contributed by atoms with Crippen LogP contribution in [0.15, 0.2) is 29.2 Å². The summed E-state index contributed by atoms with van der Waals surface area (Å²) in [6, 6.07) is 5.84. The fourth-order valence-electron chi connectivity index (χ4n) is 1.30. The Bertz CT molecular complexity index is 498. The van der Waals surface area contributed by atoms with Crippen LogP contribution in [0.3, 0.4) is 0 Å². The van der Waals surface area contributed by atoms with Crippen molar-refractivity contribution in [1.29, 1.82) is 0 Å². The first-order chi connectivity index (χ1) is 8.42. The number of carboxylic acid groups (broad SMARTS) is 1. The maximum absolute atomic E-state index is 11.8. The number of rotatable bonds is 7. The minimum Gasteiger partial charge on any atom is -0.481 e. The minimum absolute atomic E-state index is 0.0443. The van der Waals surface area contributed by atoms with Crippen molar-refractivity contribution < 1.29 is 18.3 Å². The van der Waals surface area contributed by atoms with Gasteiger partial charge in [-0.15, -0.1) is 0 Å². The summed E-state index contributed by atoms with van der Waals surface area (Å²) in [5.41, 5.74) is 0. The Labute approximate surface area is 111 Å². The standard InChI is InChI=1S/C11H14ClNO4S/c12-9-4-6-10(7-5-9)18(16,17)13-8-2-1-3-11(14)15/h4-7,13H,1-3,8H2,(H,14,15). The van der Waals surface area contributed by atoms with E-state index in [0.29, 0.717) is 17.9 Å². The quantitative estimate of drug-likeness (QED) is 0.751. The monoisotopic (exact) mass is 291 g/mol. The molecular weight excluding hydrogens is 278 g/mol. The first kappa shape index (κ1) is 14.9. The van der Waals surface area contributed by atoms with Crippen LogP contribution in [0.2, 0.25) is 5.02 Å². The molecule has 0 bridgehead atoms. The number of carboxylic acids is 1. The van der Waals surface area contributed by atoms with E-state index < -0.39 is 16.0 Å². The van der Waals surface area contributed by atoms with Crippen LogP contribution in [0, 0.1) is 0 Å². The number of hydrogen-bond donors (Lipinski definition) is 2. The maximum Gasteiger partial charge on any atom is 0.303 e. The van der Waals surface area contributed by atoms with Crippen LogP contribution in [-0.4, -0.2) is 26.0 Å². The molecule has 100 valence electrons. The Hall–Kier alpha value is -1.11. The van der Waals surface area contributed by atoms with Gasteiger partial charge in [0.05, 0.1) is 4.90 Å². The number of aliphatic carboxylic acids is 1. The summed E-state index contributed by atoms with van der Waals surface area (Å²) >= 11 is 5.67. The average molecular weight is 292 g/mol. The smallest absolute Gasteiger partial charge is 0.303 e. The van der Waals surface area contributed by atoms with Gasteiger partial charge in [0.25, 0.3) is 0 Å². The summed E-state index contributed by atoms with van der Waals surface area (Å²) in [6.07, 6.45) is 0.972. The highest BCUT2D eigenvalue weighted by Gasteiger charge is 2.12. The summed E-state index contributed by atoms with van der Waals surface area (Å²) in [7, 11) is -3.53. The summed E-state index contributed by atoms with van der Waals surface area (Å²) in [6.45, 7) is 0.220. The summed E-state index contributed by atoms with van der Waals surface area (Å²) < 4.78 is 25.9. The fourth-order valence-corrected chi connectivity index (χ4v) is 2.50. The van der Waals surface area contributed by atoms with Crippen molar-refractivity contribution in [2.75, 3.05) is 6.54 Å². The average Bonchev–Trinajstić information content (AvgIpc) is 2.28. The fraction of sp³-hybridized carbons (Fsp3) is 0.364. The van der Waals surface area contributed by atoms with Crippen LogP contribution in [0.25, 0.3) is 0 Å². The number of hydrogen-bond acceptors (Lipinski definition) is 3. The second-order valence-electron chi connectivity index (χ2n) is 3.70. The molecule has 0 unspecified atom stereocenters. The Kier molecular flexibility index (Phi) is 5.58. The van der Waals surface area contributed by atoms with E-state index in [1.807, 2.05) is 0 Å². The minimum atomic E-state index is -3.53. The molecular formula is C11H14ClNO4S. The molecule has 0 fully saturated rings. The molecule has 2 N–H and O–H groups in total. The highest BCUT2D eigenvalue weighted by molar-refractivity contribution is 7.89. The van der Waals surface area contributed by atoms with Crippen LogP contribution in [-0.2, 0) is 14.8 Å². The zero-order chi connectivity index (χ0) is 13.6. The lowest BCUT2D eigenvalue weighted by atomic mass is 10.2. The van der Waals surface area contributed by atoms with Gasteiger partial charge in [-0.05, 0) is 37.1 Å². The third-order valence-electron chi connectivity index (χ3n) is 2.23. The number of unbranched alkanes of at least 4 members (excludes halogenated alkanes) is 1. The zero-order valence-electron chi connectivity index (χ0n) is 9.60. The predicted molar refractivity (Wildman–Crippen MR) is 68.1 cm³/mol. The van der Waals surface area contributed by atoms with Crippen molar-refractivity contribution in [3.63, 3.8) is 0 Å². The molecule has 5 nitrogen and oxygen atoms in total. The largest absolute Gasteiger partial charge is 0.481 e. The second-order valence-corrected chi connectivity index (χ2v) is 5.91. The van der Waals surface area contributed by atoms with E-state index in [1.54, 1.807) is 0 Å². The van der Waals surface area contributed by atoms with Gasteiger partial charge in [-0.1, -0.05) is 11.6 Å². The van der Waals surface area contributed by atoms with Gasteiger partial charge in [0.1, 0.15) is 0 Å². The Morgan fingerprint density at radius 3 is 2.39 bits per heavy atom. The zero-order valence-corrected chi connectivity index (χ0v) is 11.2. The van der Waals surface area contributed by atoms with E-state index in [9.17, 15) is 13.2 Å². The van der Waals surface area contributed by atoms with Crippen LogP contribution < -0.4 is 4.72 Å². The van der Waals surface area contributed by atoms with Crippen molar-refractivity contribution in [3.05, 3.63) is 29.3 Å². The predicted octanol–water partition coefficient (Wildman–Crippen LogP) is 1.87. The van der Waals surface area contributed by atoms with Crippen molar-refractivity contribution in [3.8, 4) is 0 Å². The summed E-state index contributed by atoms with van der Waals surface area (Å²) in [4.78, 5) is 10.4. The summed E-state index contributed by atoms with van der Waals surface area (Å²) in [5, 5.41) is 8.89. The van der Waals surface area contributed by atoms with Crippen LogP contribution >= 0.6 is 11.6 Å². The van der Waals surface area contributed by atoms with Gasteiger partial charge in [0.2, 0.25) is 10.0 Å². The lowest BCUT2D eigenvalue weighted by Crippen LogP contribution is -2.24. The molecule has 1 aromatic rings. The molecule has 0 aliphatic heterocycles. The maximum atomic E-state index is 11.8. The molecule has 18 heavy (non-hydrogen) atoms. The third kappa shape index (κ3) is 5.03. The molecule has 0 spiro atoms. The molecule has 7 heteroatoms. The third-order valence-corrected chi connectivity index (χ3v) is 3.96. The van der Waals surface area contributed by atoms with E-state index >= 15 is 0 Å². The van der Waals surface area contributed by atoms with E-state index in [4.69, 9.17) is 16.7 Å². The number of carbonyl (C=O) groups is 1. The first-order valence-electron chi connectivity index (χ1n) is 5.39. The van der Waals surface area contributed by atoms with Crippen molar-refractivity contribution in [2.45, 2.75) is 24.2 Å². The van der Waals surface area contributed by atoms with Gasteiger partial charge in [0.15, 0.2) is 0 Å². The SMILES string of the molecule is O=C(O)CCCCNS(=O)(=O)c1ccc(Cl)cc1.